The summed E-state index contributed by atoms with van der Waals surface area (Å²) in [5, 5.41) is 2.94. The Kier molecular flexibility index (Phi) is 7.13. The minimum Gasteiger partial charge on any atom is -0.444 e. The molecule has 22 heavy (non-hydrogen) atoms. The van der Waals surface area contributed by atoms with Gasteiger partial charge in [-0.2, -0.15) is 0 Å². The van der Waals surface area contributed by atoms with Gasteiger partial charge in [-0.3, -0.25) is 9.69 Å². The van der Waals surface area contributed by atoms with Crippen molar-refractivity contribution in [3.63, 3.8) is 0 Å². The van der Waals surface area contributed by atoms with Crippen molar-refractivity contribution in [2.75, 3.05) is 33.7 Å². The maximum atomic E-state index is 12.3. The zero-order valence-corrected chi connectivity index (χ0v) is 14.6. The second kappa shape index (κ2) is 8.36. The average Bonchev–Trinajstić information content (AvgIpc) is 2.41. The molecule has 128 valence electrons. The van der Waals surface area contributed by atoms with Gasteiger partial charge >= 0.3 is 6.09 Å². The predicted molar refractivity (Wildman–Crippen MR) is 86.8 cm³/mol. The first-order chi connectivity index (χ1) is 10.2. The number of carbonyl (C=O) groups is 2. The number of rotatable bonds is 5. The molecular formula is C16H31N3O3. The van der Waals surface area contributed by atoms with E-state index in [0.29, 0.717) is 19.5 Å². The van der Waals surface area contributed by atoms with Crippen LogP contribution in [0.4, 0.5) is 4.79 Å². The van der Waals surface area contributed by atoms with Crippen LogP contribution in [0.25, 0.3) is 0 Å². The molecule has 2 amide bonds. The highest BCUT2D eigenvalue weighted by atomic mass is 16.6. The fourth-order valence-electron chi connectivity index (χ4n) is 2.47. The molecule has 1 saturated heterocycles. The summed E-state index contributed by atoms with van der Waals surface area (Å²) in [6.45, 7) is 7.67. The van der Waals surface area contributed by atoms with E-state index in [1.54, 1.807) is 4.90 Å². The molecule has 0 spiro atoms. The third-order valence-corrected chi connectivity index (χ3v) is 3.51. The molecule has 0 aromatic rings. The summed E-state index contributed by atoms with van der Waals surface area (Å²) in [6, 6.07) is -0.400. The Morgan fingerprint density at radius 1 is 1.27 bits per heavy atom. The Hall–Kier alpha value is -1.30. The number of ether oxygens (including phenoxy) is 1. The van der Waals surface area contributed by atoms with E-state index in [9.17, 15) is 9.59 Å². The van der Waals surface area contributed by atoms with E-state index in [0.717, 1.165) is 25.8 Å². The summed E-state index contributed by atoms with van der Waals surface area (Å²) in [6.07, 6.45) is 3.11. The van der Waals surface area contributed by atoms with E-state index in [1.807, 2.05) is 34.9 Å². The molecule has 0 radical (unpaired) electrons. The van der Waals surface area contributed by atoms with Crippen molar-refractivity contribution in [2.45, 2.75) is 58.1 Å². The van der Waals surface area contributed by atoms with Gasteiger partial charge in [0, 0.05) is 13.1 Å². The quantitative estimate of drug-likeness (QED) is 0.787. The van der Waals surface area contributed by atoms with Crippen LogP contribution in [-0.2, 0) is 9.53 Å². The lowest BCUT2D eigenvalue weighted by Gasteiger charge is -2.35. The smallest absolute Gasteiger partial charge is 0.410 e. The molecule has 0 aromatic heterocycles. The van der Waals surface area contributed by atoms with Gasteiger partial charge in [-0.25, -0.2) is 4.79 Å². The van der Waals surface area contributed by atoms with Crippen molar-refractivity contribution >= 4 is 12.0 Å². The monoisotopic (exact) mass is 313 g/mol. The van der Waals surface area contributed by atoms with Crippen molar-refractivity contribution in [1.82, 2.24) is 15.1 Å². The van der Waals surface area contributed by atoms with E-state index < -0.39 is 11.6 Å². The number of nitrogens with zero attached hydrogens (tertiary/aromatic N) is 2. The summed E-state index contributed by atoms with van der Waals surface area (Å²) >= 11 is 0. The number of amides is 2. The Morgan fingerprint density at radius 2 is 1.95 bits per heavy atom. The highest BCUT2D eigenvalue weighted by molar-refractivity contribution is 5.85. The van der Waals surface area contributed by atoms with Crippen LogP contribution in [0, 0.1) is 0 Å². The van der Waals surface area contributed by atoms with Crippen molar-refractivity contribution < 1.29 is 14.3 Å². The summed E-state index contributed by atoms with van der Waals surface area (Å²) in [7, 11) is 4.01. The fraction of sp³-hybridized carbons (Fsp3) is 0.875. The summed E-state index contributed by atoms with van der Waals surface area (Å²) in [5.74, 6) is -0.0654. The van der Waals surface area contributed by atoms with Gasteiger partial charge in [0.15, 0.2) is 0 Å². The number of likely N-dealkylation sites (tertiary alicyclic amines) is 1. The third kappa shape index (κ3) is 6.64. The highest BCUT2D eigenvalue weighted by Gasteiger charge is 2.34. The molecule has 0 bridgehead atoms. The predicted octanol–water partition coefficient (Wildman–Crippen LogP) is 1.84. The Balaban J connectivity index is 2.53. The van der Waals surface area contributed by atoms with Crippen LogP contribution >= 0.6 is 0 Å². The number of carbonyl (C=O) groups excluding carboxylic acids is 2. The Bertz CT molecular complexity index is 377. The lowest BCUT2D eigenvalue weighted by Crippen LogP contribution is -2.53. The molecule has 6 nitrogen and oxygen atoms in total. The number of hydrogen-bond donors (Lipinski definition) is 1. The SMILES string of the molecule is CN(C)CCCNC(=O)C1CCCCN1C(=O)OC(C)(C)C. The lowest BCUT2D eigenvalue weighted by atomic mass is 10.0. The molecule has 1 atom stereocenters. The second-order valence-corrected chi connectivity index (χ2v) is 7.13. The minimum absolute atomic E-state index is 0.0654. The number of piperidine rings is 1. The van der Waals surface area contributed by atoms with E-state index >= 15 is 0 Å². The molecule has 1 N–H and O–H groups in total. The normalized spacial score (nSPS) is 19.2. The maximum Gasteiger partial charge on any atom is 0.410 e. The first-order valence-corrected chi connectivity index (χ1v) is 8.13. The fourth-order valence-corrected chi connectivity index (χ4v) is 2.47. The molecule has 0 aromatic carbocycles. The Morgan fingerprint density at radius 3 is 2.55 bits per heavy atom. The Labute approximate surface area is 134 Å². The largest absolute Gasteiger partial charge is 0.444 e. The summed E-state index contributed by atoms with van der Waals surface area (Å²) in [4.78, 5) is 28.3. The second-order valence-electron chi connectivity index (χ2n) is 7.13. The number of hydrogen-bond acceptors (Lipinski definition) is 4. The van der Waals surface area contributed by atoms with Crippen molar-refractivity contribution in [3.8, 4) is 0 Å². The van der Waals surface area contributed by atoms with Crippen LogP contribution in [-0.4, -0.2) is 67.2 Å². The van der Waals surface area contributed by atoms with E-state index in [4.69, 9.17) is 4.74 Å². The van der Waals surface area contributed by atoms with Gasteiger partial charge in [-0.1, -0.05) is 0 Å². The van der Waals surface area contributed by atoms with Crippen LogP contribution in [0.1, 0.15) is 46.5 Å². The molecule has 1 aliphatic rings. The van der Waals surface area contributed by atoms with Crippen molar-refractivity contribution in [2.24, 2.45) is 0 Å². The topological polar surface area (TPSA) is 61.9 Å². The zero-order valence-electron chi connectivity index (χ0n) is 14.6. The molecular weight excluding hydrogens is 282 g/mol. The average molecular weight is 313 g/mol. The molecule has 1 unspecified atom stereocenters. The van der Waals surface area contributed by atoms with Gasteiger partial charge in [-0.15, -0.1) is 0 Å². The van der Waals surface area contributed by atoms with Gasteiger partial charge in [-0.05, 0) is 67.1 Å². The van der Waals surface area contributed by atoms with Gasteiger partial charge in [0.2, 0.25) is 5.91 Å². The van der Waals surface area contributed by atoms with Crippen LogP contribution < -0.4 is 5.32 Å². The number of nitrogens with one attached hydrogen (secondary N) is 1. The minimum atomic E-state index is -0.540. The molecule has 1 aliphatic heterocycles. The zero-order chi connectivity index (χ0) is 16.8. The third-order valence-electron chi connectivity index (χ3n) is 3.51. The molecule has 1 fully saturated rings. The highest BCUT2D eigenvalue weighted by Crippen LogP contribution is 2.20. The van der Waals surface area contributed by atoms with Gasteiger partial charge in [0.25, 0.3) is 0 Å². The van der Waals surface area contributed by atoms with Crippen LogP contribution in [0.3, 0.4) is 0 Å². The standard InChI is InChI=1S/C16H31N3O3/c1-16(2,3)22-15(21)19-12-7-6-9-13(19)14(20)17-10-8-11-18(4)5/h13H,6-12H2,1-5H3,(H,17,20). The molecule has 1 rings (SSSR count). The first kappa shape index (κ1) is 18.7. The molecule has 1 heterocycles. The lowest BCUT2D eigenvalue weighted by molar-refractivity contribution is -0.127. The van der Waals surface area contributed by atoms with Gasteiger partial charge in [0.1, 0.15) is 11.6 Å². The van der Waals surface area contributed by atoms with Crippen LogP contribution in [0.15, 0.2) is 0 Å². The molecule has 6 heteroatoms. The van der Waals surface area contributed by atoms with E-state index in [-0.39, 0.29) is 12.0 Å². The van der Waals surface area contributed by atoms with Crippen LogP contribution in [0.5, 0.6) is 0 Å². The van der Waals surface area contributed by atoms with E-state index in [1.165, 1.54) is 0 Å². The molecule has 0 saturated carbocycles. The van der Waals surface area contributed by atoms with Crippen molar-refractivity contribution in [3.05, 3.63) is 0 Å². The summed E-state index contributed by atoms with van der Waals surface area (Å²) < 4.78 is 5.42. The van der Waals surface area contributed by atoms with Gasteiger partial charge in [0.05, 0.1) is 0 Å². The van der Waals surface area contributed by atoms with Gasteiger partial charge < -0.3 is 15.0 Å². The van der Waals surface area contributed by atoms with Crippen molar-refractivity contribution in [1.29, 1.82) is 0 Å². The van der Waals surface area contributed by atoms with E-state index in [2.05, 4.69) is 10.2 Å². The molecule has 0 aliphatic carbocycles. The van der Waals surface area contributed by atoms with Crippen LogP contribution in [0.2, 0.25) is 0 Å². The first-order valence-electron chi connectivity index (χ1n) is 8.13. The maximum absolute atomic E-state index is 12.3. The summed E-state index contributed by atoms with van der Waals surface area (Å²) in [5.41, 5.74) is -0.540.